The van der Waals surface area contributed by atoms with E-state index in [1.54, 1.807) is 42.5 Å². The van der Waals surface area contributed by atoms with E-state index in [0.717, 1.165) is 5.69 Å². The van der Waals surface area contributed by atoms with Crippen molar-refractivity contribution in [1.29, 1.82) is 0 Å². The van der Waals surface area contributed by atoms with Gasteiger partial charge in [-0.05, 0) is 20.3 Å². The summed E-state index contributed by atoms with van der Waals surface area (Å²) in [5.74, 6) is -1.44. The van der Waals surface area contributed by atoms with Gasteiger partial charge in [0.1, 0.15) is 0 Å². The van der Waals surface area contributed by atoms with Crippen molar-refractivity contribution in [2.45, 2.75) is 26.7 Å². The Kier molecular flexibility index (Phi) is 6.55. The molecule has 3 aromatic rings. The standard InChI is InChI=1S/C19H18N2O4.CH2O3/c1-11-12(2)21-10-15(19(24)25)14(17(23)18(21)20-11)8-9-16(22)13-6-4-3-5-7-13;2-1(3)4/h3-7,10,23H,8-9H2,1-2H3,(H,24,25);(H2,2,3,4). The van der Waals surface area contributed by atoms with E-state index in [-0.39, 0.29) is 35.5 Å². The first-order valence-electron chi connectivity index (χ1n) is 8.57. The summed E-state index contributed by atoms with van der Waals surface area (Å²) in [4.78, 5) is 36.8. The minimum absolute atomic E-state index is 0.0219. The molecule has 0 atom stereocenters. The Hall–Kier alpha value is -3.88. The highest BCUT2D eigenvalue weighted by Gasteiger charge is 2.21. The summed E-state index contributed by atoms with van der Waals surface area (Å²) in [7, 11) is 0. The van der Waals surface area contributed by atoms with E-state index >= 15 is 0 Å². The third-order valence-electron chi connectivity index (χ3n) is 4.40. The predicted octanol–water partition coefficient (Wildman–Crippen LogP) is 3.39. The first-order chi connectivity index (χ1) is 13.6. The van der Waals surface area contributed by atoms with Gasteiger partial charge in [0.05, 0.1) is 11.3 Å². The number of fused-ring (bicyclic) bond motifs is 1. The number of benzene rings is 1. The number of pyridine rings is 1. The average Bonchev–Trinajstić information content (AvgIpc) is 2.95. The average molecular weight is 400 g/mol. The minimum Gasteiger partial charge on any atom is -0.504 e. The Morgan fingerprint density at radius 2 is 1.62 bits per heavy atom. The summed E-state index contributed by atoms with van der Waals surface area (Å²) >= 11 is 0. The van der Waals surface area contributed by atoms with Crippen molar-refractivity contribution in [3.63, 3.8) is 0 Å². The first kappa shape index (κ1) is 21.4. The van der Waals surface area contributed by atoms with Gasteiger partial charge in [-0.15, -0.1) is 0 Å². The maximum absolute atomic E-state index is 12.3. The maximum atomic E-state index is 12.3. The van der Waals surface area contributed by atoms with Crippen LogP contribution >= 0.6 is 0 Å². The van der Waals surface area contributed by atoms with Gasteiger partial charge in [0.15, 0.2) is 17.2 Å². The zero-order valence-electron chi connectivity index (χ0n) is 15.8. The molecule has 0 spiro atoms. The summed E-state index contributed by atoms with van der Waals surface area (Å²) in [6, 6.07) is 8.79. The molecule has 0 amide bonds. The van der Waals surface area contributed by atoms with Crippen LogP contribution in [0, 0.1) is 13.8 Å². The highest BCUT2D eigenvalue weighted by Crippen LogP contribution is 2.30. The topological polar surface area (TPSA) is 149 Å². The number of ketones is 1. The summed E-state index contributed by atoms with van der Waals surface area (Å²) < 4.78 is 1.57. The highest BCUT2D eigenvalue weighted by molar-refractivity contribution is 5.97. The van der Waals surface area contributed by atoms with Crippen LogP contribution < -0.4 is 0 Å². The van der Waals surface area contributed by atoms with Gasteiger partial charge in [0, 0.05) is 29.4 Å². The van der Waals surface area contributed by atoms with Gasteiger partial charge in [-0.1, -0.05) is 30.3 Å². The number of nitrogens with zero attached hydrogens (tertiary/aromatic N) is 2. The summed E-state index contributed by atoms with van der Waals surface area (Å²) in [6.07, 6.45) is -0.148. The number of imidazole rings is 1. The quantitative estimate of drug-likeness (QED) is 0.476. The van der Waals surface area contributed by atoms with Crippen LogP contribution in [0.25, 0.3) is 5.65 Å². The van der Waals surface area contributed by atoms with Crippen LogP contribution in [0.1, 0.15) is 44.1 Å². The maximum Gasteiger partial charge on any atom is 0.503 e. The molecule has 0 saturated heterocycles. The number of aromatic carboxylic acids is 1. The third kappa shape index (κ3) is 4.89. The Bertz CT molecular complexity index is 1070. The normalized spacial score (nSPS) is 10.3. The predicted molar refractivity (Wildman–Crippen MR) is 103 cm³/mol. The molecule has 0 aliphatic heterocycles. The lowest BCUT2D eigenvalue weighted by Gasteiger charge is -2.11. The first-order valence-corrected chi connectivity index (χ1v) is 8.57. The van der Waals surface area contributed by atoms with Gasteiger partial charge in [0.2, 0.25) is 0 Å². The number of aryl methyl sites for hydroxylation is 2. The van der Waals surface area contributed by atoms with Crippen LogP contribution in [-0.2, 0) is 6.42 Å². The number of rotatable bonds is 5. The third-order valence-corrected chi connectivity index (χ3v) is 4.40. The molecule has 0 unspecified atom stereocenters. The van der Waals surface area contributed by atoms with E-state index < -0.39 is 12.1 Å². The van der Waals surface area contributed by atoms with Gasteiger partial charge in [-0.3, -0.25) is 4.79 Å². The fourth-order valence-corrected chi connectivity index (χ4v) is 2.87. The van der Waals surface area contributed by atoms with Gasteiger partial charge < -0.3 is 24.8 Å². The molecule has 4 N–H and O–H groups in total. The van der Waals surface area contributed by atoms with E-state index in [0.29, 0.717) is 16.9 Å². The molecule has 3 rings (SSSR count). The van der Waals surface area contributed by atoms with Crippen molar-refractivity contribution in [3.8, 4) is 5.75 Å². The van der Waals surface area contributed by atoms with Gasteiger partial charge in [-0.2, -0.15) is 0 Å². The number of aromatic nitrogens is 2. The second kappa shape index (κ2) is 8.87. The number of carbonyl (C=O) groups is 3. The largest absolute Gasteiger partial charge is 0.504 e. The monoisotopic (exact) mass is 400 g/mol. The number of Topliss-reactive ketones (excluding diaryl/α,β-unsaturated/α-hetero) is 1. The summed E-state index contributed by atoms with van der Waals surface area (Å²) in [5.41, 5.74) is 2.55. The van der Waals surface area contributed by atoms with Crippen molar-refractivity contribution in [1.82, 2.24) is 9.38 Å². The molecule has 0 aliphatic rings. The van der Waals surface area contributed by atoms with Crippen LogP contribution in [0.15, 0.2) is 36.5 Å². The van der Waals surface area contributed by atoms with E-state index in [2.05, 4.69) is 4.98 Å². The van der Waals surface area contributed by atoms with Gasteiger partial charge in [-0.25, -0.2) is 14.6 Å². The minimum atomic E-state index is -1.83. The Balaban J connectivity index is 0.000000687. The van der Waals surface area contributed by atoms with E-state index in [1.807, 2.05) is 6.07 Å². The molecule has 9 nitrogen and oxygen atoms in total. The van der Waals surface area contributed by atoms with Crippen molar-refractivity contribution in [3.05, 3.63) is 64.6 Å². The lowest BCUT2D eigenvalue weighted by Crippen LogP contribution is -2.09. The number of carboxylic acids is 1. The van der Waals surface area contributed by atoms with Crippen molar-refractivity contribution >= 4 is 23.6 Å². The molecule has 0 fully saturated rings. The van der Waals surface area contributed by atoms with Crippen molar-refractivity contribution < 1.29 is 34.8 Å². The van der Waals surface area contributed by atoms with Gasteiger partial charge in [0.25, 0.3) is 0 Å². The Morgan fingerprint density at radius 3 is 2.17 bits per heavy atom. The number of hydrogen-bond acceptors (Lipinski definition) is 5. The number of hydrogen-bond donors (Lipinski definition) is 4. The van der Waals surface area contributed by atoms with E-state index in [9.17, 15) is 19.8 Å². The molecular formula is C20H20N2O7. The molecule has 9 heteroatoms. The number of aromatic hydroxyl groups is 1. The number of carbonyl (C=O) groups excluding carboxylic acids is 1. The summed E-state index contributed by atoms with van der Waals surface area (Å²) in [6.45, 7) is 3.60. The van der Waals surface area contributed by atoms with Crippen LogP contribution in [0.3, 0.4) is 0 Å². The summed E-state index contributed by atoms with van der Waals surface area (Å²) in [5, 5.41) is 34.0. The lowest BCUT2D eigenvalue weighted by molar-refractivity contribution is 0.0693. The van der Waals surface area contributed by atoms with Crippen molar-refractivity contribution in [2.24, 2.45) is 0 Å². The molecule has 2 aromatic heterocycles. The lowest BCUT2D eigenvalue weighted by atomic mass is 9.99. The van der Waals surface area contributed by atoms with Crippen LogP contribution in [0.4, 0.5) is 4.79 Å². The van der Waals surface area contributed by atoms with E-state index in [4.69, 9.17) is 15.0 Å². The fourth-order valence-electron chi connectivity index (χ4n) is 2.87. The molecule has 0 bridgehead atoms. The molecule has 152 valence electrons. The van der Waals surface area contributed by atoms with Crippen molar-refractivity contribution in [2.75, 3.05) is 0 Å². The second-order valence-electron chi connectivity index (χ2n) is 6.22. The second-order valence-corrected chi connectivity index (χ2v) is 6.22. The van der Waals surface area contributed by atoms with Crippen LogP contribution in [0.2, 0.25) is 0 Å². The molecule has 0 radical (unpaired) electrons. The number of carboxylic acid groups (broad SMARTS) is 3. The zero-order valence-corrected chi connectivity index (χ0v) is 15.8. The zero-order chi connectivity index (χ0) is 21.7. The van der Waals surface area contributed by atoms with Crippen LogP contribution in [0.5, 0.6) is 5.75 Å². The molecule has 1 aromatic carbocycles. The molecule has 2 heterocycles. The van der Waals surface area contributed by atoms with Crippen LogP contribution in [-0.4, -0.2) is 47.7 Å². The smallest absolute Gasteiger partial charge is 0.503 e. The SMILES string of the molecule is Cc1nc2c(O)c(CCC(=O)c3ccccc3)c(C(=O)O)cn2c1C.O=C(O)O. The molecular weight excluding hydrogens is 380 g/mol. The van der Waals surface area contributed by atoms with Gasteiger partial charge >= 0.3 is 12.1 Å². The Morgan fingerprint density at radius 1 is 1.03 bits per heavy atom. The fraction of sp³-hybridized carbons (Fsp3) is 0.200. The highest BCUT2D eigenvalue weighted by atomic mass is 16.6. The molecule has 29 heavy (non-hydrogen) atoms. The Labute approximate surface area is 165 Å². The van der Waals surface area contributed by atoms with E-state index in [1.165, 1.54) is 6.20 Å². The molecule has 0 aliphatic carbocycles. The molecule has 0 saturated carbocycles.